The molecule has 74 valence electrons. The van der Waals surface area contributed by atoms with Crippen LogP contribution in [0.4, 0.5) is 0 Å². The smallest absolute Gasteiger partial charge is 0.177 e. The Hall–Kier alpha value is -0.940. The number of aromatic amines is 1. The predicted molar refractivity (Wildman–Crippen MR) is 60.2 cm³/mol. The number of hydrogen-bond acceptors (Lipinski definition) is 3. The lowest BCUT2D eigenvalue weighted by molar-refractivity contribution is 0.557. The van der Waals surface area contributed by atoms with Crippen molar-refractivity contribution in [3.05, 3.63) is 33.7 Å². The van der Waals surface area contributed by atoms with Crippen molar-refractivity contribution in [3.63, 3.8) is 0 Å². The molecule has 1 N–H and O–H groups in total. The number of aromatic nitrogens is 3. The van der Waals surface area contributed by atoms with Gasteiger partial charge >= 0.3 is 0 Å². The molecule has 0 amide bonds. The lowest BCUT2D eigenvalue weighted by atomic mass is 10.2. The number of rotatable bonds is 3. The van der Waals surface area contributed by atoms with Crippen LogP contribution in [0.1, 0.15) is 24.4 Å². The topological polar surface area (TPSA) is 33.6 Å². The Bertz CT molecular complexity index is 441. The van der Waals surface area contributed by atoms with E-state index in [-0.39, 0.29) is 6.04 Å². The SMILES string of the molecule is CCC(c1nccs1)n1cc[nH]c1=S. The van der Waals surface area contributed by atoms with Crippen LogP contribution in [0, 0.1) is 4.77 Å². The van der Waals surface area contributed by atoms with E-state index >= 15 is 0 Å². The van der Waals surface area contributed by atoms with Gasteiger partial charge in [-0.15, -0.1) is 11.3 Å². The summed E-state index contributed by atoms with van der Waals surface area (Å²) in [6.07, 6.45) is 6.66. The van der Waals surface area contributed by atoms with Crippen LogP contribution in [0.2, 0.25) is 0 Å². The summed E-state index contributed by atoms with van der Waals surface area (Å²) in [5.41, 5.74) is 0. The summed E-state index contributed by atoms with van der Waals surface area (Å²) in [7, 11) is 0. The molecule has 0 aliphatic heterocycles. The fourth-order valence-corrected chi connectivity index (χ4v) is 2.54. The van der Waals surface area contributed by atoms with Gasteiger partial charge in [0.1, 0.15) is 5.01 Å². The molecule has 0 fully saturated rings. The van der Waals surface area contributed by atoms with Crippen LogP contribution in [-0.4, -0.2) is 14.5 Å². The third kappa shape index (κ3) is 1.65. The van der Waals surface area contributed by atoms with Gasteiger partial charge in [0.25, 0.3) is 0 Å². The Morgan fingerprint density at radius 3 is 3.07 bits per heavy atom. The highest BCUT2D eigenvalue weighted by molar-refractivity contribution is 7.71. The highest BCUT2D eigenvalue weighted by Crippen LogP contribution is 2.23. The van der Waals surface area contributed by atoms with Crippen molar-refractivity contribution < 1.29 is 0 Å². The van der Waals surface area contributed by atoms with E-state index in [0.29, 0.717) is 0 Å². The summed E-state index contributed by atoms with van der Waals surface area (Å²) >= 11 is 6.86. The number of nitrogens with zero attached hydrogens (tertiary/aromatic N) is 2. The van der Waals surface area contributed by atoms with E-state index in [9.17, 15) is 0 Å². The summed E-state index contributed by atoms with van der Waals surface area (Å²) in [6.45, 7) is 2.14. The Kier molecular flexibility index (Phi) is 2.79. The van der Waals surface area contributed by atoms with Crippen LogP contribution in [-0.2, 0) is 0 Å². The molecule has 0 aromatic carbocycles. The van der Waals surface area contributed by atoms with Gasteiger partial charge in [-0.2, -0.15) is 0 Å². The van der Waals surface area contributed by atoms with Crippen LogP contribution in [0.15, 0.2) is 24.0 Å². The van der Waals surface area contributed by atoms with Crippen molar-refractivity contribution in [1.29, 1.82) is 0 Å². The zero-order valence-electron chi connectivity index (χ0n) is 7.80. The molecule has 0 bridgehead atoms. The number of imidazole rings is 1. The molecule has 2 aromatic rings. The first-order valence-electron chi connectivity index (χ1n) is 4.48. The number of hydrogen-bond donors (Lipinski definition) is 1. The van der Waals surface area contributed by atoms with Crippen LogP contribution < -0.4 is 0 Å². The number of nitrogens with one attached hydrogen (secondary N) is 1. The first-order valence-corrected chi connectivity index (χ1v) is 5.76. The molecule has 14 heavy (non-hydrogen) atoms. The fraction of sp³-hybridized carbons (Fsp3) is 0.333. The molecule has 0 spiro atoms. The van der Waals surface area contributed by atoms with Crippen LogP contribution in [0.3, 0.4) is 0 Å². The average molecular weight is 225 g/mol. The second-order valence-electron chi connectivity index (χ2n) is 2.97. The predicted octanol–water partition coefficient (Wildman–Crippen LogP) is 3.00. The third-order valence-corrected chi connectivity index (χ3v) is 3.34. The summed E-state index contributed by atoms with van der Waals surface area (Å²) in [6, 6.07) is 0.272. The van der Waals surface area contributed by atoms with Gasteiger partial charge in [0.2, 0.25) is 0 Å². The van der Waals surface area contributed by atoms with E-state index in [0.717, 1.165) is 16.2 Å². The van der Waals surface area contributed by atoms with Gasteiger partial charge in [0.15, 0.2) is 4.77 Å². The summed E-state index contributed by atoms with van der Waals surface area (Å²) < 4.78 is 2.81. The van der Waals surface area contributed by atoms with Gasteiger partial charge in [-0.1, -0.05) is 6.92 Å². The molecule has 2 heterocycles. The standard InChI is InChI=1S/C9H11N3S2/c1-2-7(8-10-4-6-14-8)12-5-3-11-9(12)13/h3-7H,2H2,1H3,(H,11,13). The second-order valence-corrected chi connectivity index (χ2v) is 4.28. The molecular formula is C9H11N3S2. The number of H-pyrrole nitrogens is 1. The molecule has 1 atom stereocenters. The van der Waals surface area contributed by atoms with Gasteiger partial charge in [-0.3, -0.25) is 0 Å². The Morgan fingerprint density at radius 1 is 1.71 bits per heavy atom. The van der Waals surface area contributed by atoms with Gasteiger partial charge < -0.3 is 9.55 Å². The van der Waals surface area contributed by atoms with Crippen LogP contribution in [0.25, 0.3) is 0 Å². The van der Waals surface area contributed by atoms with Crippen molar-refractivity contribution in [1.82, 2.24) is 14.5 Å². The summed E-state index contributed by atoms with van der Waals surface area (Å²) in [5, 5.41) is 3.11. The summed E-state index contributed by atoms with van der Waals surface area (Å²) in [4.78, 5) is 7.32. The van der Waals surface area contributed by atoms with Gasteiger partial charge in [-0.25, -0.2) is 4.98 Å². The van der Waals surface area contributed by atoms with E-state index in [2.05, 4.69) is 16.9 Å². The summed E-state index contributed by atoms with van der Waals surface area (Å²) in [5.74, 6) is 0. The normalized spacial score (nSPS) is 12.9. The molecule has 0 aliphatic carbocycles. The third-order valence-electron chi connectivity index (χ3n) is 2.14. The van der Waals surface area contributed by atoms with Crippen molar-refractivity contribution in [3.8, 4) is 0 Å². The first kappa shape index (κ1) is 9.61. The largest absolute Gasteiger partial charge is 0.337 e. The van der Waals surface area contributed by atoms with Crippen LogP contribution >= 0.6 is 23.6 Å². The van der Waals surface area contributed by atoms with Crippen molar-refractivity contribution in [2.45, 2.75) is 19.4 Å². The average Bonchev–Trinajstić information content (AvgIpc) is 2.80. The molecular weight excluding hydrogens is 214 g/mol. The first-order chi connectivity index (χ1) is 6.83. The van der Waals surface area contributed by atoms with Gasteiger partial charge in [0.05, 0.1) is 6.04 Å². The van der Waals surface area contributed by atoms with E-state index < -0.39 is 0 Å². The fourth-order valence-electron chi connectivity index (χ4n) is 1.47. The maximum absolute atomic E-state index is 5.19. The lowest BCUT2D eigenvalue weighted by Gasteiger charge is -2.13. The van der Waals surface area contributed by atoms with Gasteiger partial charge in [-0.05, 0) is 18.6 Å². The van der Waals surface area contributed by atoms with E-state index in [1.54, 1.807) is 11.3 Å². The Balaban J connectivity index is 2.41. The lowest BCUT2D eigenvalue weighted by Crippen LogP contribution is -2.08. The Morgan fingerprint density at radius 2 is 2.57 bits per heavy atom. The molecule has 0 radical (unpaired) electrons. The molecule has 0 saturated carbocycles. The minimum absolute atomic E-state index is 0.272. The second kappa shape index (κ2) is 4.06. The molecule has 0 aliphatic rings. The monoisotopic (exact) mass is 225 g/mol. The van der Waals surface area contributed by atoms with Gasteiger partial charge in [0, 0.05) is 24.0 Å². The van der Waals surface area contributed by atoms with E-state index in [1.165, 1.54) is 0 Å². The minimum atomic E-state index is 0.272. The molecule has 3 nitrogen and oxygen atoms in total. The maximum Gasteiger partial charge on any atom is 0.177 e. The van der Waals surface area contributed by atoms with Crippen molar-refractivity contribution in [2.24, 2.45) is 0 Å². The quantitative estimate of drug-likeness (QED) is 0.815. The van der Waals surface area contributed by atoms with E-state index in [1.807, 2.05) is 28.5 Å². The zero-order chi connectivity index (χ0) is 9.97. The van der Waals surface area contributed by atoms with Crippen molar-refractivity contribution >= 4 is 23.6 Å². The maximum atomic E-state index is 5.19. The number of thiazole rings is 1. The van der Waals surface area contributed by atoms with E-state index in [4.69, 9.17) is 12.2 Å². The van der Waals surface area contributed by atoms with Crippen molar-refractivity contribution in [2.75, 3.05) is 0 Å². The highest BCUT2D eigenvalue weighted by atomic mass is 32.1. The molecule has 2 aromatic heterocycles. The Labute approximate surface area is 91.4 Å². The molecule has 5 heteroatoms. The molecule has 1 unspecified atom stereocenters. The zero-order valence-corrected chi connectivity index (χ0v) is 9.44. The molecule has 0 saturated heterocycles. The van der Waals surface area contributed by atoms with Crippen LogP contribution in [0.5, 0.6) is 0 Å². The highest BCUT2D eigenvalue weighted by Gasteiger charge is 2.13. The minimum Gasteiger partial charge on any atom is -0.337 e. The molecule has 2 rings (SSSR count).